The van der Waals surface area contributed by atoms with Crippen LogP contribution < -0.4 is 9.47 Å². The maximum atomic E-state index is 11.9. The molecular weight excluding hydrogens is 338 g/mol. The van der Waals surface area contributed by atoms with Crippen molar-refractivity contribution in [3.8, 4) is 17.6 Å². The van der Waals surface area contributed by atoms with Crippen LogP contribution in [0.25, 0.3) is 6.08 Å². The Balaban J connectivity index is 1.75. The molecule has 2 rings (SSSR count). The summed E-state index contributed by atoms with van der Waals surface area (Å²) in [4.78, 5) is 11.9. The van der Waals surface area contributed by atoms with Gasteiger partial charge in [0.25, 0.3) is 0 Å². The second kappa shape index (κ2) is 11.5. The highest BCUT2D eigenvalue weighted by Crippen LogP contribution is 2.15. The number of nitriles is 1. The van der Waals surface area contributed by atoms with E-state index in [1.807, 2.05) is 30.3 Å². The predicted molar refractivity (Wildman–Crippen MR) is 107 cm³/mol. The first-order valence-electron chi connectivity index (χ1n) is 9.34. The molecular formula is C23H25NO3. The molecule has 0 aliphatic rings. The van der Waals surface area contributed by atoms with Crippen LogP contribution in [0.2, 0.25) is 0 Å². The van der Waals surface area contributed by atoms with Crippen molar-refractivity contribution in [2.45, 2.75) is 39.0 Å². The van der Waals surface area contributed by atoms with Gasteiger partial charge in [0.2, 0.25) is 0 Å². The van der Waals surface area contributed by atoms with Gasteiger partial charge in [-0.1, -0.05) is 44.7 Å². The Morgan fingerprint density at radius 1 is 0.963 bits per heavy atom. The quantitative estimate of drug-likeness (QED) is 0.241. The molecule has 27 heavy (non-hydrogen) atoms. The second-order valence-corrected chi connectivity index (χ2v) is 6.22. The smallest absolute Gasteiger partial charge is 0.336 e. The first kappa shape index (κ1) is 20.3. The number of carbonyl (C=O) groups is 1. The van der Waals surface area contributed by atoms with Gasteiger partial charge in [0.1, 0.15) is 11.5 Å². The van der Waals surface area contributed by atoms with E-state index in [9.17, 15) is 4.79 Å². The standard InChI is InChI=1S/C23H25NO3/c1-2-3-4-5-6-17-26-21-12-7-19(8-13-21)11-16-23(25)27-22-14-9-20(18-24)10-15-22/h7-16H,2-6,17H2,1H3/b16-11+. The van der Waals surface area contributed by atoms with Crippen LogP contribution >= 0.6 is 0 Å². The number of hydrogen-bond donors (Lipinski definition) is 0. The number of ether oxygens (including phenoxy) is 2. The lowest BCUT2D eigenvalue weighted by Crippen LogP contribution is -2.03. The van der Waals surface area contributed by atoms with Crippen molar-refractivity contribution in [3.05, 3.63) is 65.7 Å². The molecule has 0 unspecified atom stereocenters. The summed E-state index contributed by atoms with van der Waals surface area (Å²) in [7, 11) is 0. The zero-order chi connectivity index (χ0) is 19.3. The summed E-state index contributed by atoms with van der Waals surface area (Å²) in [6, 6.07) is 16.0. The third-order valence-electron chi connectivity index (χ3n) is 4.01. The van der Waals surface area contributed by atoms with Crippen LogP contribution in [0, 0.1) is 11.3 Å². The van der Waals surface area contributed by atoms with Crippen LogP contribution in [0.4, 0.5) is 0 Å². The van der Waals surface area contributed by atoms with Crippen molar-refractivity contribution in [2.75, 3.05) is 6.61 Å². The number of rotatable bonds is 10. The number of carbonyl (C=O) groups excluding carboxylic acids is 1. The topological polar surface area (TPSA) is 59.3 Å². The molecule has 0 bridgehead atoms. The van der Waals surface area contributed by atoms with E-state index in [0.29, 0.717) is 11.3 Å². The third-order valence-corrected chi connectivity index (χ3v) is 4.01. The average Bonchev–Trinajstić information content (AvgIpc) is 2.70. The number of nitrogens with zero attached hydrogens (tertiary/aromatic N) is 1. The van der Waals surface area contributed by atoms with Gasteiger partial charge < -0.3 is 9.47 Å². The predicted octanol–water partition coefficient (Wildman–Crippen LogP) is 5.53. The zero-order valence-electron chi connectivity index (χ0n) is 15.7. The van der Waals surface area contributed by atoms with Gasteiger partial charge in [-0.15, -0.1) is 0 Å². The molecule has 0 fully saturated rings. The van der Waals surface area contributed by atoms with Gasteiger partial charge in [0.15, 0.2) is 0 Å². The average molecular weight is 363 g/mol. The lowest BCUT2D eigenvalue weighted by molar-refractivity contribution is -0.128. The third kappa shape index (κ3) is 7.79. The van der Waals surface area contributed by atoms with Gasteiger partial charge in [-0.05, 0) is 54.5 Å². The summed E-state index contributed by atoms with van der Waals surface area (Å²) in [6.07, 6.45) is 9.15. The van der Waals surface area contributed by atoms with Crippen molar-refractivity contribution in [1.82, 2.24) is 0 Å². The summed E-state index contributed by atoms with van der Waals surface area (Å²) in [5, 5.41) is 8.75. The molecule has 2 aromatic rings. The van der Waals surface area contributed by atoms with Gasteiger partial charge in [0.05, 0.1) is 18.2 Å². The Kier molecular flexibility index (Phi) is 8.65. The summed E-state index contributed by atoms with van der Waals surface area (Å²) < 4.78 is 10.9. The van der Waals surface area contributed by atoms with Crippen molar-refractivity contribution in [2.24, 2.45) is 0 Å². The highest BCUT2D eigenvalue weighted by molar-refractivity contribution is 5.88. The molecule has 0 saturated carbocycles. The molecule has 0 atom stereocenters. The molecule has 0 spiro atoms. The molecule has 4 nitrogen and oxygen atoms in total. The molecule has 4 heteroatoms. The summed E-state index contributed by atoms with van der Waals surface area (Å²) in [5.74, 6) is 0.779. The van der Waals surface area contributed by atoms with Crippen LogP contribution in [0.5, 0.6) is 11.5 Å². The minimum atomic E-state index is -0.466. The molecule has 0 N–H and O–H groups in total. The van der Waals surface area contributed by atoms with E-state index in [4.69, 9.17) is 14.7 Å². The van der Waals surface area contributed by atoms with Crippen molar-refractivity contribution >= 4 is 12.0 Å². The number of esters is 1. The van der Waals surface area contributed by atoms with E-state index in [0.717, 1.165) is 24.3 Å². The Morgan fingerprint density at radius 3 is 2.30 bits per heavy atom. The van der Waals surface area contributed by atoms with Crippen molar-refractivity contribution in [3.63, 3.8) is 0 Å². The van der Waals surface area contributed by atoms with Gasteiger partial charge in [-0.3, -0.25) is 0 Å². The fraction of sp³-hybridized carbons (Fsp3) is 0.304. The van der Waals surface area contributed by atoms with E-state index in [-0.39, 0.29) is 0 Å². The number of hydrogen-bond acceptors (Lipinski definition) is 4. The maximum absolute atomic E-state index is 11.9. The Hall–Kier alpha value is -3.06. The lowest BCUT2D eigenvalue weighted by Gasteiger charge is -2.06. The maximum Gasteiger partial charge on any atom is 0.336 e. The van der Waals surface area contributed by atoms with Crippen LogP contribution in [0.3, 0.4) is 0 Å². The first-order chi connectivity index (χ1) is 13.2. The SMILES string of the molecule is CCCCCCCOc1ccc(/C=C/C(=O)Oc2ccc(C#N)cc2)cc1. The molecule has 2 aromatic carbocycles. The van der Waals surface area contributed by atoms with E-state index < -0.39 is 5.97 Å². The molecule has 0 aliphatic heterocycles. The molecule has 140 valence electrons. The van der Waals surface area contributed by atoms with E-state index in [2.05, 4.69) is 6.92 Å². The Bertz CT molecular complexity index is 771. The van der Waals surface area contributed by atoms with Crippen LogP contribution in [0.15, 0.2) is 54.6 Å². The fourth-order valence-electron chi connectivity index (χ4n) is 2.48. The molecule has 0 radical (unpaired) electrons. The Morgan fingerprint density at radius 2 is 1.63 bits per heavy atom. The molecule has 0 saturated heterocycles. The monoisotopic (exact) mass is 363 g/mol. The highest BCUT2D eigenvalue weighted by atomic mass is 16.5. The largest absolute Gasteiger partial charge is 0.494 e. The summed E-state index contributed by atoms with van der Waals surface area (Å²) >= 11 is 0. The van der Waals surface area contributed by atoms with Crippen molar-refractivity contribution < 1.29 is 14.3 Å². The molecule has 0 amide bonds. The number of benzene rings is 2. The van der Waals surface area contributed by atoms with E-state index in [1.165, 1.54) is 31.8 Å². The summed E-state index contributed by atoms with van der Waals surface area (Å²) in [6.45, 7) is 2.94. The number of unbranched alkanes of at least 4 members (excludes halogenated alkanes) is 4. The zero-order valence-corrected chi connectivity index (χ0v) is 15.7. The van der Waals surface area contributed by atoms with E-state index in [1.54, 1.807) is 30.3 Å². The van der Waals surface area contributed by atoms with Crippen LogP contribution in [-0.4, -0.2) is 12.6 Å². The lowest BCUT2D eigenvalue weighted by atomic mass is 10.2. The highest BCUT2D eigenvalue weighted by Gasteiger charge is 2.01. The summed E-state index contributed by atoms with van der Waals surface area (Å²) in [5.41, 5.74) is 1.41. The fourth-order valence-corrected chi connectivity index (χ4v) is 2.48. The second-order valence-electron chi connectivity index (χ2n) is 6.22. The Labute approximate surface area is 161 Å². The van der Waals surface area contributed by atoms with Gasteiger partial charge >= 0.3 is 5.97 Å². The van der Waals surface area contributed by atoms with Gasteiger partial charge in [-0.2, -0.15) is 5.26 Å². The van der Waals surface area contributed by atoms with Crippen LogP contribution in [0.1, 0.15) is 50.2 Å². The minimum Gasteiger partial charge on any atom is -0.494 e. The van der Waals surface area contributed by atoms with E-state index >= 15 is 0 Å². The molecule has 0 aromatic heterocycles. The normalized spacial score (nSPS) is 10.5. The molecule has 0 aliphatic carbocycles. The molecule has 0 heterocycles. The first-order valence-corrected chi connectivity index (χ1v) is 9.34. The van der Waals surface area contributed by atoms with Crippen molar-refractivity contribution in [1.29, 1.82) is 5.26 Å². The van der Waals surface area contributed by atoms with Crippen LogP contribution in [-0.2, 0) is 4.79 Å². The van der Waals surface area contributed by atoms with Gasteiger partial charge in [0, 0.05) is 6.08 Å². The van der Waals surface area contributed by atoms with Gasteiger partial charge in [-0.25, -0.2) is 4.79 Å². The minimum absolute atomic E-state index is 0.409.